The molecule has 11 heteroatoms. The third-order valence-corrected chi connectivity index (χ3v) is 10.4. The van der Waals surface area contributed by atoms with Gasteiger partial charge in [0.2, 0.25) is 17.7 Å². The molecule has 0 aliphatic carbocycles. The van der Waals surface area contributed by atoms with Gasteiger partial charge in [0, 0.05) is 24.0 Å². The summed E-state index contributed by atoms with van der Waals surface area (Å²) in [6, 6.07) is 16.3. The number of cyclic esters (lactones) is 1. The smallest absolute Gasteiger partial charge is 0.306 e. The maximum atomic E-state index is 15.0. The fraction of sp³-hybridized carbons (Fsp3) is 0.459. The highest BCUT2D eigenvalue weighted by atomic mass is 79.9. The molecule has 0 unspecified atom stereocenters. The lowest BCUT2D eigenvalue weighted by Gasteiger charge is -2.39. The molecule has 2 aromatic rings. The zero-order chi connectivity index (χ0) is 34.0. The maximum absolute atomic E-state index is 15.0. The number of halogens is 1. The number of esters is 1. The predicted molar refractivity (Wildman–Crippen MR) is 181 cm³/mol. The number of carbonyl (C=O) groups is 4. The molecule has 0 saturated carbocycles. The lowest BCUT2D eigenvalue weighted by atomic mass is 9.74. The van der Waals surface area contributed by atoms with Gasteiger partial charge in [0.25, 0.3) is 0 Å². The fourth-order valence-corrected chi connectivity index (χ4v) is 8.34. The molecule has 4 heterocycles. The van der Waals surface area contributed by atoms with Crippen LogP contribution in [-0.4, -0.2) is 82.1 Å². The van der Waals surface area contributed by atoms with Crippen molar-refractivity contribution < 1.29 is 33.8 Å². The predicted octanol–water partition coefficient (Wildman–Crippen LogP) is 4.05. The number of benzene rings is 2. The van der Waals surface area contributed by atoms with Crippen LogP contribution in [0.1, 0.15) is 50.3 Å². The van der Waals surface area contributed by atoms with E-state index in [9.17, 15) is 24.3 Å². The summed E-state index contributed by atoms with van der Waals surface area (Å²) < 4.78 is 12.9. The highest BCUT2D eigenvalue weighted by Gasteiger charge is 2.75. The number of aliphatic hydroxyl groups is 1. The quantitative estimate of drug-likeness (QED) is 0.327. The molecule has 10 nitrogen and oxygen atoms in total. The van der Waals surface area contributed by atoms with Gasteiger partial charge >= 0.3 is 5.97 Å². The van der Waals surface area contributed by atoms with Crippen LogP contribution >= 0.6 is 15.9 Å². The monoisotopic (exact) mass is 719 g/mol. The van der Waals surface area contributed by atoms with Crippen molar-refractivity contribution in [1.82, 2.24) is 15.1 Å². The number of carbonyl (C=O) groups excluding carboxylic acids is 4. The van der Waals surface area contributed by atoms with E-state index in [0.29, 0.717) is 17.3 Å². The molecule has 1 spiro atoms. The normalized spacial score (nSPS) is 30.6. The van der Waals surface area contributed by atoms with Crippen molar-refractivity contribution in [3.05, 3.63) is 94.5 Å². The number of fused-ring (bicyclic) bond motifs is 2. The summed E-state index contributed by atoms with van der Waals surface area (Å²) in [6.07, 6.45) is 5.68. The first-order chi connectivity index (χ1) is 23.1. The van der Waals surface area contributed by atoms with Crippen LogP contribution in [0.3, 0.4) is 0 Å². The van der Waals surface area contributed by atoms with E-state index in [1.165, 1.54) is 4.90 Å². The average molecular weight is 721 g/mol. The number of hydrogen-bond acceptors (Lipinski definition) is 7. The van der Waals surface area contributed by atoms with Gasteiger partial charge in [0.05, 0.1) is 30.5 Å². The van der Waals surface area contributed by atoms with Gasteiger partial charge in [-0.2, -0.15) is 0 Å². The van der Waals surface area contributed by atoms with E-state index in [0.717, 1.165) is 11.1 Å². The number of hydrogen-bond donors (Lipinski definition) is 2. The number of amides is 3. The Balaban J connectivity index is 1.46. The number of allylic oxidation sites excluding steroid dienone is 1. The summed E-state index contributed by atoms with van der Waals surface area (Å²) in [5.74, 6) is -3.46. The molecule has 3 amide bonds. The van der Waals surface area contributed by atoms with Crippen molar-refractivity contribution in [3.63, 3.8) is 0 Å². The van der Waals surface area contributed by atoms with Crippen LogP contribution in [0.15, 0.2) is 83.4 Å². The van der Waals surface area contributed by atoms with Gasteiger partial charge in [-0.25, -0.2) is 0 Å². The summed E-state index contributed by atoms with van der Waals surface area (Å²) in [7, 11) is 0. The molecule has 2 N–H and O–H groups in total. The maximum Gasteiger partial charge on any atom is 0.306 e. The van der Waals surface area contributed by atoms with Crippen molar-refractivity contribution in [2.75, 3.05) is 19.8 Å². The van der Waals surface area contributed by atoms with E-state index in [-0.39, 0.29) is 44.5 Å². The second-order valence-corrected chi connectivity index (χ2v) is 14.3. The van der Waals surface area contributed by atoms with Crippen LogP contribution in [0.2, 0.25) is 0 Å². The first-order valence-electron chi connectivity index (χ1n) is 16.6. The average Bonchev–Trinajstić information content (AvgIpc) is 3.68. The Morgan fingerprint density at radius 3 is 2.40 bits per heavy atom. The second-order valence-electron chi connectivity index (χ2n) is 13.4. The largest absolute Gasteiger partial charge is 0.463 e. The van der Waals surface area contributed by atoms with E-state index < -0.39 is 59.5 Å². The highest BCUT2D eigenvalue weighted by Crippen LogP contribution is 2.59. The topological polar surface area (TPSA) is 125 Å². The summed E-state index contributed by atoms with van der Waals surface area (Å²) in [6.45, 7) is 4.04. The number of nitrogens with zero attached hydrogens (tertiary/aromatic N) is 2. The van der Waals surface area contributed by atoms with Crippen molar-refractivity contribution in [2.24, 2.45) is 17.8 Å². The van der Waals surface area contributed by atoms with E-state index >= 15 is 0 Å². The number of aliphatic hydroxyl groups excluding tert-OH is 1. The van der Waals surface area contributed by atoms with Gasteiger partial charge in [0.1, 0.15) is 24.4 Å². The van der Waals surface area contributed by atoms with E-state index in [1.54, 1.807) is 11.0 Å². The Labute approximate surface area is 289 Å². The number of likely N-dealkylation sites (tertiary alicyclic amines) is 1. The van der Waals surface area contributed by atoms with Crippen LogP contribution in [-0.2, 0) is 35.2 Å². The molecule has 2 saturated heterocycles. The molecule has 2 fully saturated rings. The highest BCUT2D eigenvalue weighted by molar-refractivity contribution is 9.11. The van der Waals surface area contributed by atoms with Crippen LogP contribution in [0.5, 0.6) is 0 Å². The van der Waals surface area contributed by atoms with Crippen LogP contribution in [0, 0.1) is 17.8 Å². The standard InChI is InChI=1S/C37H42BrN3O7/c1-23(2)18-26(21-42)41-33-36(46)40(20-24-12-6-3-7-13-24)17-11-5-10-16-29(43)47-22-28(25-14-8-4-9-15-25)39-34(44)30-31(35(41)45)37(33)19-27(38)32(30)48-37/h3-9,11-15,19,23,26,28,30-33,42H,10,16-18,20-22H2,1-2H3,(H,39,44)/b11-5-/t26-,28-,30-,31+,32-,33-,37+/m1/s1. The zero-order valence-corrected chi connectivity index (χ0v) is 28.8. The summed E-state index contributed by atoms with van der Waals surface area (Å²) >= 11 is 3.62. The molecule has 2 aromatic carbocycles. The van der Waals surface area contributed by atoms with Crippen molar-refractivity contribution in [2.45, 2.75) is 69.5 Å². The Kier molecular flexibility index (Phi) is 10.2. The third-order valence-electron chi connectivity index (χ3n) is 9.71. The zero-order valence-electron chi connectivity index (χ0n) is 27.2. The molecular formula is C37H42BrN3O7. The van der Waals surface area contributed by atoms with Gasteiger partial charge in [-0.3, -0.25) is 19.2 Å². The summed E-state index contributed by atoms with van der Waals surface area (Å²) in [5.41, 5.74) is 0.203. The number of rotatable bonds is 7. The van der Waals surface area contributed by atoms with E-state index in [2.05, 4.69) is 21.2 Å². The SMILES string of the molecule is CC(C)C[C@H](CO)N1C(=O)[C@@H]2[C@H]3C(=O)N[C@@H](c4ccccc4)COC(=O)CC/C=C\CN(Cc4ccccc4)C(=O)[C@@H]1[C@]21C=C(Br)[C@H]3O1. The minimum atomic E-state index is -1.44. The van der Waals surface area contributed by atoms with E-state index in [4.69, 9.17) is 9.47 Å². The molecule has 4 aliphatic rings. The number of nitrogens with one attached hydrogen (secondary N) is 1. The molecule has 0 radical (unpaired) electrons. The molecule has 5 bridgehead atoms. The van der Waals surface area contributed by atoms with Gasteiger partial charge in [-0.1, -0.05) is 103 Å². The van der Waals surface area contributed by atoms with E-state index in [1.807, 2.05) is 86.7 Å². The van der Waals surface area contributed by atoms with Crippen molar-refractivity contribution in [1.29, 1.82) is 0 Å². The number of ether oxygens (including phenoxy) is 2. The Morgan fingerprint density at radius 2 is 1.71 bits per heavy atom. The Morgan fingerprint density at radius 1 is 1.00 bits per heavy atom. The fourth-order valence-electron chi connectivity index (χ4n) is 7.60. The van der Waals surface area contributed by atoms with Gasteiger partial charge in [0.15, 0.2) is 0 Å². The molecule has 254 valence electrons. The lowest BCUT2D eigenvalue weighted by molar-refractivity contribution is -0.151. The van der Waals surface area contributed by atoms with Gasteiger partial charge < -0.3 is 29.7 Å². The first kappa shape index (κ1) is 34.1. The Hall–Kier alpha value is -3.80. The molecule has 4 aliphatic heterocycles. The lowest BCUT2D eigenvalue weighted by Crippen LogP contribution is -2.58. The first-order valence-corrected chi connectivity index (χ1v) is 17.4. The third kappa shape index (κ3) is 6.47. The van der Waals surface area contributed by atoms with Crippen molar-refractivity contribution >= 4 is 39.6 Å². The molecule has 48 heavy (non-hydrogen) atoms. The van der Waals surface area contributed by atoms with Crippen LogP contribution in [0.25, 0.3) is 0 Å². The van der Waals surface area contributed by atoms with Crippen LogP contribution in [0.4, 0.5) is 0 Å². The summed E-state index contributed by atoms with van der Waals surface area (Å²) in [5, 5.41) is 13.7. The van der Waals surface area contributed by atoms with Gasteiger partial charge in [-0.15, -0.1) is 0 Å². The molecule has 7 atom stereocenters. The second kappa shape index (κ2) is 14.4. The Bertz CT molecular complexity index is 1580. The summed E-state index contributed by atoms with van der Waals surface area (Å²) in [4.78, 5) is 60.0. The molecule has 6 rings (SSSR count). The minimum Gasteiger partial charge on any atom is -0.463 e. The molecule has 0 aromatic heterocycles. The van der Waals surface area contributed by atoms with Crippen LogP contribution < -0.4 is 5.32 Å². The minimum absolute atomic E-state index is 0.0869. The van der Waals surface area contributed by atoms with Crippen molar-refractivity contribution in [3.8, 4) is 0 Å². The molecular weight excluding hydrogens is 678 g/mol. The van der Waals surface area contributed by atoms with Gasteiger partial charge in [-0.05, 0) is 36.0 Å².